The van der Waals surface area contributed by atoms with Gasteiger partial charge in [0, 0.05) is 16.8 Å². The summed E-state index contributed by atoms with van der Waals surface area (Å²) in [6.45, 7) is 1.93. The molecule has 1 aliphatic rings. The van der Waals surface area contributed by atoms with E-state index in [0.717, 1.165) is 11.3 Å². The molecule has 1 atom stereocenters. The zero-order chi connectivity index (χ0) is 18.7. The second-order valence-corrected chi connectivity index (χ2v) is 6.12. The number of fused-ring (bicyclic) bond motifs is 1. The summed E-state index contributed by atoms with van der Waals surface area (Å²) in [5, 5.41) is 14.9. The number of ether oxygens (including phenoxy) is 1. The van der Waals surface area contributed by atoms with Crippen molar-refractivity contribution in [3.8, 4) is 0 Å². The Bertz CT molecular complexity index is 836. The average molecular weight is 358 g/mol. The van der Waals surface area contributed by atoms with Gasteiger partial charge < -0.3 is 10.1 Å². The molecule has 0 saturated heterocycles. The van der Waals surface area contributed by atoms with Gasteiger partial charge in [0.05, 0.1) is 24.0 Å². The fourth-order valence-electron chi connectivity index (χ4n) is 3.37. The minimum atomic E-state index is -0.477. The van der Waals surface area contributed by atoms with Crippen molar-refractivity contribution in [2.75, 3.05) is 11.9 Å². The summed E-state index contributed by atoms with van der Waals surface area (Å²) in [4.78, 5) is 22.9. The number of nitro groups is 1. The third-order valence-electron chi connectivity index (χ3n) is 4.47. The van der Waals surface area contributed by atoms with Gasteiger partial charge in [0.2, 0.25) is 0 Å². The summed E-state index contributed by atoms with van der Waals surface area (Å²) < 4.78 is 17.9. The molecule has 6 nitrogen and oxygen atoms in total. The number of esters is 1. The molecule has 0 aliphatic heterocycles. The summed E-state index contributed by atoms with van der Waals surface area (Å²) >= 11 is 0. The first-order valence-electron chi connectivity index (χ1n) is 8.46. The molecule has 0 fully saturated rings. The Kier molecular flexibility index (Phi) is 5.16. The molecule has 0 bridgehead atoms. The predicted molar refractivity (Wildman–Crippen MR) is 94.5 cm³/mol. The second-order valence-electron chi connectivity index (χ2n) is 6.12. The van der Waals surface area contributed by atoms with Crippen molar-refractivity contribution in [2.45, 2.75) is 32.2 Å². The summed E-state index contributed by atoms with van der Waals surface area (Å²) in [6.07, 6.45) is 1.12. The SMILES string of the molecule is CCOC(=O)Cc1ccc2c(c1[N+](=O)[O-])CCC2Nc1ccc(F)cc1. The van der Waals surface area contributed by atoms with Crippen molar-refractivity contribution in [2.24, 2.45) is 0 Å². The van der Waals surface area contributed by atoms with E-state index in [1.165, 1.54) is 12.1 Å². The first-order valence-corrected chi connectivity index (χ1v) is 8.46. The molecule has 0 aromatic heterocycles. The molecule has 0 radical (unpaired) electrons. The molecule has 1 aliphatic carbocycles. The number of benzene rings is 2. The quantitative estimate of drug-likeness (QED) is 0.480. The van der Waals surface area contributed by atoms with Gasteiger partial charge in [-0.05, 0) is 49.6 Å². The molecular weight excluding hydrogens is 339 g/mol. The minimum Gasteiger partial charge on any atom is -0.466 e. The van der Waals surface area contributed by atoms with Gasteiger partial charge in [-0.1, -0.05) is 12.1 Å². The highest BCUT2D eigenvalue weighted by atomic mass is 19.1. The van der Waals surface area contributed by atoms with Crippen LogP contribution in [-0.2, 0) is 22.4 Å². The van der Waals surface area contributed by atoms with Gasteiger partial charge in [0.25, 0.3) is 5.69 Å². The first kappa shape index (κ1) is 17.8. The third kappa shape index (κ3) is 3.66. The fraction of sp³-hybridized carbons (Fsp3) is 0.316. The Morgan fingerprint density at radius 1 is 1.31 bits per heavy atom. The van der Waals surface area contributed by atoms with Crippen LogP contribution in [0.2, 0.25) is 0 Å². The van der Waals surface area contributed by atoms with Crippen LogP contribution in [0.25, 0.3) is 0 Å². The van der Waals surface area contributed by atoms with Crippen LogP contribution in [0.1, 0.15) is 36.1 Å². The average Bonchev–Trinajstić information content (AvgIpc) is 2.99. The molecule has 7 heteroatoms. The Morgan fingerprint density at radius 2 is 2.04 bits per heavy atom. The molecule has 0 heterocycles. The van der Waals surface area contributed by atoms with E-state index in [2.05, 4.69) is 5.32 Å². The van der Waals surface area contributed by atoms with E-state index in [9.17, 15) is 19.3 Å². The van der Waals surface area contributed by atoms with Gasteiger partial charge in [-0.2, -0.15) is 0 Å². The molecule has 3 rings (SSSR count). The van der Waals surface area contributed by atoms with E-state index in [1.54, 1.807) is 25.1 Å². The van der Waals surface area contributed by atoms with Crippen molar-refractivity contribution in [3.63, 3.8) is 0 Å². The maximum atomic E-state index is 13.0. The highest BCUT2D eigenvalue weighted by Gasteiger charge is 2.32. The van der Waals surface area contributed by atoms with E-state index < -0.39 is 10.9 Å². The van der Waals surface area contributed by atoms with Gasteiger partial charge >= 0.3 is 5.97 Å². The normalized spacial score (nSPS) is 15.4. The molecule has 26 heavy (non-hydrogen) atoms. The summed E-state index contributed by atoms with van der Waals surface area (Å²) in [5.74, 6) is -0.795. The van der Waals surface area contributed by atoms with E-state index in [0.29, 0.717) is 24.0 Å². The van der Waals surface area contributed by atoms with E-state index in [1.807, 2.05) is 6.07 Å². The van der Waals surface area contributed by atoms with Crippen LogP contribution in [0.15, 0.2) is 36.4 Å². The third-order valence-corrected chi connectivity index (χ3v) is 4.47. The summed E-state index contributed by atoms with van der Waals surface area (Å²) in [7, 11) is 0. The van der Waals surface area contributed by atoms with Crippen molar-refractivity contribution in [1.29, 1.82) is 0 Å². The maximum absolute atomic E-state index is 13.0. The Labute approximate surface area is 150 Å². The fourth-order valence-corrected chi connectivity index (χ4v) is 3.37. The van der Waals surface area contributed by atoms with Crippen LogP contribution in [0.3, 0.4) is 0 Å². The smallest absolute Gasteiger partial charge is 0.310 e. The molecule has 1 N–H and O–H groups in total. The molecule has 136 valence electrons. The molecule has 0 saturated carbocycles. The van der Waals surface area contributed by atoms with Gasteiger partial charge in [0.15, 0.2) is 0 Å². The zero-order valence-corrected chi connectivity index (χ0v) is 14.3. The molecule has 2 aromatic rings. The lowest BCUT2D eigenvalue weighted by Gasteiger charge is -2.16. The lowest BCUT2D eigenvalue weighted by atomic mass is 10.00. The standard InChI is InChI=1S/C19H19FN2O4/c1-2-26-18(23)11-12-3-8-15-16(19(12)22(24)25)9-10-17(15)21-14-6-4-13(20)5-7-14/h3-8,17,21H,2,9-11H2,1H3. The van der Waals surface area contributed by atoms with E-state index >= 15 is 0 Å². The number of nitrogens with zero attached hydrogens (tertiary/aromatic N) is 1. The predicted octanol–water partition coefficient (Wildman–Crippen LogP) is 3.94. The van der Waals surface area contributed by atoms with Crippen LogP contribution >= 0.6 is 0 Å². The Hall–Kier alpha value is -2.96. The van der Waals surface area contributed by atoms with Gasteiger partial charge in [-0.3, -0.25) is 14.9 Å². The highest BCUT2D eigenvalue weighted by Crippen LogP contribution is 2.40. The lowest BCUT2D eigenvalue weighted by molar-refractivity contribution is -0.386. The molecule has 1 unspecified atom stereocenters. The number of carbonyl (C=O) groups is 1. The van der Waals surface area contributed by atoms with Gasteiger partial charge in [-0.15, -0.1) is 0 Å². The lowest BCUT2D eigenvalue weighted by Crippen LogP contribution is -2.11. The van der Waals surface area contributed by atoms with Crippen molar-refractivity contribution in [3.05, 3.63) is 69.0 Å². The van der Waals surface area contributed by atoms with E-state index in [-0.39, 0.29) is 30.6 Å². The van der Waals surface area contributed by atoms with Crippen molar-refractivity contribution in [1.82, 2.24) is 0 Å². The van der Waals surface area contributed by atoms with Gasteiger partial charge in [0.1, 0.15) is 5.82 Å². The molecule has 0 spiro atoms. The van der Waals surface area contributed by atoms with Crippen LogP contribution in [0.4, 0.5) is 15.8 Å². The second kappa shape index (κ2) is 7.51. The number of carbonyl (C=O) groups excluding carboxylic acids is 1. The highest BCUT2D eigenvalue weighted by molar-refractivity contribution is 5.75. The van der Waals surface area contributed by atoms with Crippen molar-refractivity contribution >= 4 is 17.3 Å². The zero-order valence-electron chi connectivity index (χ0n) is 14.3. The summed E-state index contributed by atoms with van der Waals surface area (Å²) in [6, 6.07) is 9.36. The molecule has 0 amide bonds. The number of hydrogen-bond donors (Lipinski definition) is 1. The van der Waals surface area contributed by atoms with E-state index in [4.69, 9.17) is 4.74 Å². The molecular formula is C19H19FN2O4. The van der Waals surface area contributed by atoms with Crippen molar-refractivity contribution < 1.29 is 18.8 Å². The topological polar surface area (TPSA) is 81.5 Å². The van der Waals surface area contributed by atoms with Crippen LogP contribution in [-0.4, -0.2) is 17.5 Å². The number of rotatable bonds is 6. The van der Waals surface area contributed by atoms with Crippen LogP contribution in [0.5, 0.6) is 0 Å². The van der Waals surface area contributed by atoms with Gasteiger partial charge in [-0.25, -0.2) is 4.39 Å². The number of halogens is 1. The number of hydrogen-bond acceptors (Lipinski definition) is 5. The number of anilines is 1. The first-order chi connectivity index (χ1) is 12.5. The molecule has 2 aromatic carbocycles. The van der Waals surface area contributed by atoms with Crippen LogP contribution in [0, 0.1) is 15.9 Å². The Morgan fingerprint density at radius 3 is 2.69 bits per heavy atom. The number of nitrogens with one attached hydrogen (secondary N) is 1. The monoisotopic (exact) mass is 358 g/mol. The largest absolute Gasteiger partial charge is 0.466 e. The van der Waals surface area contributed by atoms with Crippen LogP contribution < -0.4 is 5.32 Å². The maximum Gasteiger partial charge on any atom is 0.310 e. The number of nitro benzene ring substituents is 1. The summed E-state index contributed by atoms with van der Waals surface area (Å²) in [5.41, 5.74) is 2.61. The minimum absolute atomic E-state index is 0.000964. The Balaban J connectivity index is 1.89.